The molecule has 0 bridgehead atoms. The summed E-state index contributed by atoms with van der Waals surface area (Å²) >= 11 is 0. The average molecular weight is 388 g/mol. The van der Waals surface area contributed by atoms with Crippen molar-refractivity contribution in [2.24, 2.45) is 17.6 Å². The number of carbonyl (C=O) groups is 4. The van der Waals surface area contributed by atoms with E-state index in [1.165, 1.54) is 6.92 Å². The molecule has 0 fully saturated rings. The molecule has 27 heavy (non-hydrogen) atoms. The van der Waals surface area contributed by atoms with Crippen LogP contribution >= 0.6 is 0 Å². The fourth-order valence-electron chi connectivity index (χ4n) is 2.34. The van der Waals surface area contributed by atoms with Gasteiger partial charge in [-0.05, 0) is 18.8 Å². The molecule has 0 aromatic carbocycles. The first-order valence-electron chi connectivity index (χ1n) is 8.97. The van der Waals surface area contributed by atoms with Gasteiger partial charge in [0, 0.05) is 0 Å². The lowest BCUT2D eigenvalue weighted by Crippen LogP contribution is -2.60. The van der Waals surface area contributed by atoms with E-state index in [2.05, 4.69) is 16.0 Å². The highest BCUT2D eigenvalue weighted by atomic mass is 16.4. The van der Waals surface area contributed by atoms with Crippen molar-refractivity contribution in [2.45, 2.75) is 65.3 Å². The second kappa shape index (κ2) is 11.5. The number of aliphatic hydroxyl groups is 1. The van der Waals surface area contributed by atoms with Crippen molar-refractivity contribution < 1.29 is 29.4 Å². The topological polar surface area (TPSA) is 171 Å². The molecule has 0 rings (SSSR count). The maximum Gasteiger partial charge on any atom is 0.328 e. The molecule has 0 saturated carbocycles. The molecule has 0 aliphatic carbocycles. The number of hydrogen-bond donors (Lipinski definition) is 6. The average Bonchev–Trinajstić information content (AvgIpc) is 2.59. The number of amides is 3. The Morgan fingerprint density at radius 2 is 1.37 bits per heavy atom. The maximum atomic E-state index is 12.6. The van der Waals surface area contributed by atoms with Gasteiger partial charge in [0.25, 0.3) is 0 Å². The Kier molecular flexibility index (Phi) is 10.6. The van der Waals surface area contributed by atoms with Gasteiger partial charge in [0.15, 0.2) is 6.04 Å². The predicted octanol–water partition coefficient (Wildman–Crippen LogP) is -1.43. The number of carboxylic acid groups (broad SMARTS) is 1. The van der Waals surface area contributed by atoms with E-state index in [9.17, 15) is 24.3 Å². The third-order valence-corrected chi connectivity index (χ3v) is 4.29. The van der Waals surface area contributed by atoms with E-state index in [1.807, 2.05) is 6.92 Å². The van der Waals surface area contributed by atoms with Gasteiger partial charge in [-0.25, -0.2) is 4.79 Å². The van der Waals surface area contributed by atoms with Crippen LogP contribution in [0.1, 0.15) is 41.0 Å². The van der Waals surface area contributed by atoms with E-state index < -0.39 is 47.9 Å². The fourth-order valence-corrected chi connectivity index (χ4v) is 2.34. The molecule has 0 aliphatic rings. The zero-order valence-corrected chi connectivity index (χ0v) is 16.5. The molecule has 0 saturated heterocycles. The second-order valence-electron chi connectivity index (χ2n) is 6.93. The van der Waals surface area contributed by atoms with E-state index >= 15 is 0 Å². The van der Waals surface area contributed by atoms with Crippen LogP contribution in [0.5, 0.6) is 0 Å². The highest BCUT2D eigenvalue weighted by Gasteiger charge is 2.34. The number of rotatable bonds is 11. The van der Waals surface area contributed by atoms with Crippen molar-refractivity contribution in [3.05, 3.63) is 0 Å². The zero-order valence-electron chi connectivity index (χ0n) is 16.5. The normalized spacial score (nSPS) is 16.6. The van der Waals surface area contributed by atoms with Crippen molar-refractivity contribution in [1.29, 1.82) is 0 Å². The molecule has 5 unspecified atom stereocenters. The van der Waals surface area contributed by atoms with Crippen molar-refractivity contribution >= 4 is 23.7 Å². The van der Waals surface area contributed by atoms with Crippen molar-refractivity contribution in [1.82, 2.24) is 16.0 Å². The Morgan fingerprint density at radius 1 is 0.889 bits per heavy atom. The van der Waals surface area contributed by atoms with Crippen LogP contribution in [0.3, 0.4) is 0 Å². The van der Waals surface area contributed by atoms with Crippen LogP contribution in [0.15, 0.2) is 0 Å². The number of hydrogen-bond acceptors (Lipinski definition) is 6. The molecule has 7 N–H and O–H groups in total. The predicted molar refractivity (Wildman–Crippen MR) is 98.5 cm³/mol. The number of carbonyl (C=O) groups excluding carboxylic acids is 3. The summed E-state index contributed by atoms with van der Waals surface area (Å²) in [7, 11) is 0. The standard InChI is InChI=1S/C17H32N4O6/c1-6-9(4)13(16(25)21-14(10(5)22)17(26)27)20-15(24)12(8(2)3)19-11(23)7-18/h8-10,12-14,22H,6-7,18H2,1-5H3,(H,19,23)(H,20,24)(H,21,25)(H,26,27). The lowest BCUT2D eigenvalue weighted by molar-refractivity contribution is -0.145. The van der Waals surface area contributed by atoms with Gasteiger partial charge in [-0.2, -0.15) is 0 Å². The second-order valence-corrected chi connectivity index (χ2v) is 6.93. The Morgan fingerprint density at radius 3 is 1.74 bits per heavy atom. The van der Waals surface area contributed by atoms with Gasteiger partial charge < -0.3 is 31.9 Å². The van der Waals surface area contributed by atoms with Gasteiger partial charge in [-0.3, -0.25) is 14.4 Å². The summed E-state index contributed by atoms with van der Waals surface area (Å²) in [6, 6.07) is -3.43. The molecular weight excluding hydrogens is 356 g/mol. The minimum absolute atomic E-state index is 0.259. The number of nitrogens with one attached hydrogen (secondary N) is 3. The van der Waals surface area contributed by atoms with Crippen LogP contribution in [0.2, 0.25) is 0 Å². The molecule has 10 nitrogen and oxygen atoms in total. The van der Waals surface area contributed by atoms with Crippen molar-refractivity contribution in [3.63, 3.8) is 0 Å². The summed E-state index contributed by atoms with van der Waals surface area (Å²) < 4.78 is 0. The SMILES string of the molecule is CCC(C)C(NC(=O)C(NC(=O)CN)C(C)C)C(=O)NC(C(=O)O)C(C)O. The molecule has 5 atom stereocenters. The van der Waals surface area contributed by atoms with E-state index in [0.29, 0.717) is 6.42 Å². The summed E-state index contributed by atoms with van der Waals surface area (Å²) in [5.41, 5.74) is 5.26. The first kappa shape index (κ1) is 24.8. The number of nitrogens with two attached hydrogens (primary N) is 1. The highest BCUT2D eigenvalue weighted by molar-refractivity contribution is 5.93. The summed E-state index contributed by atoms with van der Waals surface area (Å²) in [5, 5.41) is 26.0. The number of aliphatic hydroxyl groups excluding tert-OH is 1. The van der Waals surface area contributed by atoms with Crippen molar-refractivity contribution in [3.8, 4) is 0 Å². The molecule has 0 aliphatic heterocycles. The Labute approximate surface area is 159 Å². The van der Waals surface area contributed by atoms with E-state index in [4.69, 9.17) is 10.8 Å². The minimum Gasteiger partial charge on any atom is -0.480 e. The van der Waals surface area contributed by atoms with E-state index in [1.54, 1.807) is 20.8 Å². The van der Waals surface area contributed by atoms with Crippen molar-refractivity contribution in [2.75, 3.05) is 6.54 Å². The summed E-state index contributed by atoms with van der Waals surface area (Å²) in [4.78, 5) is 47.9. The maximum absolute atomic E-state index is 12.6. The van der Waals surface area contributed by atoms with Gasteiger partial charge in [-0.15, -0.1) is 0 Å². The number of carboxylic acids is 1. The molecule has 3 amide bonds. The summed E-state index contributed by atoms with van der Waals surface area (Å²) in [5.74, 6) is -3.76. The summed E-state index contributed by atoms with van der Waals surface area (Å²) in [6.07, 6.45) is -0.779. The van der Waals surface area contributed by atoms with Crippen LogP contribution in [-0.2, 0) is 19.2 Å². The van der Waals surface area contributed by atoms with Gasteiger partial charge in [0.1, 0.15) is 12.1 Å². The third-order valence-electron chi connectivity index (χ3n) is 4.29. The van der Waals surface area contributed by atoms with Gasteiger partial charge >= 0.3 is 5.97 Å². The Balaban J connectivity index is 5.39. The smallest absolute Gasteiger partial charge is 0.328 e. The largest absolute Gasteiger partial charge is 0.480 e. The van der Waals surface area contributed by atoms with Gasteiger partial charge in [-0.1, -0.05) is 34.1 Å². The molecule has 10 heteroatoms. The molecule has 0 heterocycles. The molecule has 156 valence electrons. The minimum atomic E-state index is -1.50. The lowest BCUT2D eigenvalue weighted by Gasteiger charge is -2.29. The highest BCUT2D eigenvalue weighted by Crippen LogP contribution is 2.11. The van der Waals surface area contributed by atoms with E-state index in [-0.39, 0.29) is 18.4 Å². The van der Waals surface area contributed by atoms with Gasteiger partial charge in [0.2, 0.25) is 17.7 Å². The van der Waals surface area contributed by atoms with Crippen LogP contribution in [0, 0.1) is 11.8 Å². The fraction of sp³-hybridized carbons (Fsp3) is 0.765. The van der Waals surface area contributed by atoms with Crippen LogP contribution in [0.25, 0.3) is 0 Å². The first-order chi connectivity index (χ1) is 12.5. The zero-order chi connectivity index (χ0) is 21.3. The van der Waals surface area contributed by atoms with E-state index in [0.717, 1.165) is 0 Å². The molecular formula is C17H32N4O6. The molecule has 0 aromatic rings. The monoisotopic (exact) mass is 388 g/mol. The molecule has 0 radical (unpaired) electrons. The Hall–Kier alpha value is -2.20. The quantitative estimate of drug-likeness (QED) is 0.252. The van der Waals surface area contributed by atoms with Crippen LogP contribution in [-0.4, -0.2) is 64.7 Å². The van der Waals surface area contributed by atoms with Crippen LogP contribution < -0.4 is 21.7 Å². The Bertz CT molecular complexity index is 538. The molecule has 0 aromatic heterocycles. The first-order valence-corrected chi connectivity index (χ1v) is 8.97. The summed E-state index contributed by atoms with van der Waals surface area (Å²) in [6.45, 7) is 7.97. The molecule has 0 spiro atoms. The van der Waals surface area contributed by atoms with Crippen LogP contribution in [0.4, 0.5) is 0 Å². The third kappa shape index (κ3) is 7.92. The van der Waals surface area contributed by atoms with Gasteiger partial charge in [0.05, 0.1) is 12.6 Å². The lowest BCUT2D eigenvalue weighted by atomic mass is 9.96. The number of aliphatic carboxylic acids is 1.